The maximum atomic E-state index is 13.1. The molecule has 0 aliphatic carbocycles. The van der Waals surface area contributed by atoms with Crippen LogP contribution in [0.4, 0.5) is 4.39 Å². The number of nitrogens with zero attached hydrogens (tertiary/aromatic N) is 2. The Morgan fingerprint density at radius 3 is 2.25 bits per heavy atom. The van der Waals surface area contributed by atoms with Crippen molar-refractivity contribution in [3.05, 3.63) is 17.7 Å². The molecule has 12 heavy (non-hydrogen) atoms. The molecule has 0 N–H and O–H groups in total. The van der Waals surface area contributed by atoms with Crippen LogP contribution in [0.25, 0.3) is 0 Å². The van der Waals surface area contributed by atoms with E-state index in [0.717, 1.165) is 0 Å². The lowest BCUT2D eigenvalue weighted by Gasteiger charge is -2.12. The van der Waals surface area contributed by atoms with Crippen molar-refractivity contribution in [1.82, 2.24) is 9.78 Å². The van der Waals surface area contributed by atoms with Crippen LogP contribution in [0.5, 0.6) is 0 Å². The second-order valence-electron chi connectivity index (χ2n) is 3.57. The first-order valence-electron chi connectivity index (χ1n) is 4.27. The maximum Gasteiger partial charge on any atom is 0.164 e. The molecule has 1 aromatic rings. The summed E-state index contributed by atoms with van der Waals surface area (Å²) < 4.78 is 14.9. The fourth-order valence-corrected chi connectivity index (χ4v) is 1.30. The van der Waals surface area contributed by atoms with Gasteiger partial charge < -0.3 is 0 Å². The third-order valence-corrected chi connectivity index (χ3v) is 1.82. The first-order chi connectivity index (χ1) is 5.54. The van der Waals surface area contributed by atoms with Crippen LogP contribution in [0.1, 0.15) is 45.3 Å². The molecule has 0 aliphatic rings. The normalized spacial score (nSPS) is 11.6. The summed E-state index contributed by atoms with van der Waals surface area (Å²) in [5.41, 5.74) is 0.699. The van der Waals surface area contributed by atoms with Gasteiger partial charge >= 0.3 is 0 Å². The predicted octanol–water partition coefficient (Wildman–Crippen LogP) is 2.73. The Morgan fingerprint density at radius 1 is 1.33 bits per heavy atom. The van der Waals surface area contributed by atoms with Gasteiger partial charge in [-0.05, 0) is 19.8 Å². The van der Waals surface area contributed by atoms with Crippen molar-refractivity contribution >= 4 is 0 Å². The number of rotatable bonds is 2. The van der Waals surface area contributed by atoms with Crippen LogP contribution >= 0.6 is 0 Å². The summed E-state index contributed by atoms with van der Waals surface area (Å²) in [5, 5.41) is 3.98. The molecule has 2 nitrogen and oxygen atoms in total. The molecule has 0 saturated carbocycles. The molecule has 0 unspecified atom stereocenters. The first kappa shape index (κ1) is 9.23. The highest BCUT2D eigenvalue weighted by molar-refractivity contribution is 5.09. The monoisotopic (exact) mass is 170 g/mol. The summed E-state index contributed by atoms with van der Waals surface area (Å²) in [4.78, 5) is 0. The molecule has 0 aliphatic heterocycles. The average Bonchev–Trinajstić information content (AvgIpc) is 2.30. The highest BCUT2D eigenvalue weighted by Gasteiger charge is 2.15. The third-order valence-electron chi connectivity index (χ3n) is 1.82. The minimum absolute atomic E-state index is 0.190. The van der Waals surface area contributed by atoms with Gasteiger partial charge in [-0.2, -0.15) is 5.10 Å². The number of halogens is 1. The van der Waals surface area contributed by atoms with Crippen LogP contribution in [0.3, 0.4) is 0 Å². The highest BCUT2D eigenvalue weighted by atomic mass is 19.1. The van der Waals surface area contributed by atoms with Gasteiger partial charge in [-0.1, -0.05) is 13.8 Å². The van der Waals surface area contributed by atoms with E-state index in [4.69, 9.17) is 0 Å². The van der Waals surface area contributed by atoms with Crippen molar-refractivity contribution in [2.75, 3.05) is 0 Å². The number of hydrogen-bond donors (Lipinski definition) is 0. The molecule has 0 amide bonds. The molecule has 0 fully saturated rings. The molecule has 0 aromatic carbocycles. The third kappa shape index (κ3) is 1.49. The molecule has 1 aromatic heterocycles. The largest absolute Gasteiger partial charge is 0.264 e. The Morgan fingerprint density at radius 2 is 1.92 bits per heavy atom. The molecule has 0 bridgehead atoms. The van der Waals surface area contributed by atoms with Crippen molar-refractivity contribution in [2.24, 2.45) is 0 Å². The van der Waals surface area contributed by atoms with Crippen molar-refractivity contribution in [2.45, 2.75) is 39.7 Å². The standard InChI is InChI=1S/C9H15FN2/c1-6(2)9-8(10)5-11-12(9)7(3)4/h5-7H,1-4H3. The molecular weight excluding hydrogens is 155 g/mol. The first-order valence-corrected chi connectivity index (χ1v) is 4.27. The smallest absolute Gasteiger partial charge is 0.164 e. The molecular formula is C9H15FN2. The Labute approximate surface area is 72.4 Å². The van der Waals surface area contributed by atoms with Crippen LogP contribution < -0.4 is 0 Å². The van der Waals surface area contributed by atoms with E-state index < -0.39 is 0 Å². The van der Waals surface area contributed by atoms with Crippen molar-refractivity contribution in [1.29, 1.82) is 0 Å². The van der Waals surface area contributed by atoms with Gasteiger partial charge in [-0.3, -0.25) is 4.68 Å². The van der Waals surface area contributed by atoms with E-state index in [2.05, 4.69) is 5.10 Å². The van der Waals surface area contributed by atoms with E-state index in [1.54, 1.807) is 4.68 Å². The van der Waals surface area contributed by atoms with Gasteiger partial charge in [0.05, 0.1) is 11.9 Å². The minimum Gasteiger partial charge on any atom is -0.264 e. The van der Waals surface area contributed by atoms with Crippen LogP contribution in [-0.2, 0) is 0 Å². The second-order valence-corrected chi connectivity index (χ2v) is 3.57. The summed E-state index contributed by atoms with van der Waals surface area (Å²) in [6.45, 7) is 7.94. The van der Waals surface area contributed by atoms with Gasteiger partial charge in [0.15, 0.2) is 5.82 Å². The predicted molar refractivity (Wildman–Crippen MR) is 46.7 cm³/mol. The van der Waals surface area contributed by atoms with Gasteiger partial charge in [0.2, 0.25) is 0 Å². The van der Waals surface area contributed by atoms with E-state index in [1.807, 2.05) is 27.7 Å². The molecule has 0 atom stereocenters. The van der Waals surface area contributed by atoms with E-state index in [-0.39, 0.29) is 17.8 Å². The van der Waals surface area contributed by atoms with E-state index >= 15 is 0 Å². The summed E-state index contributed by atoms with van der Waals surface area (Å²) in [7, 11) is 0. The van der Waals surface area contributed by atoms with Gasteiger partial charge in [-0.15, -0.1) is 0 Å². The van der Waals surface area contributed by atoms with Crippen molar-refractivity contribution in [3.8, 4) is 0 Å². The van der Waals surface area contributed by atoms with Gasteiger partial charge in [0.25, 0.3) is 0 Å². The summed E-state index contributed by atoms with van der Waals surface area (Å²) in [6.07, 6.45) is 1.29. The van der Waals surface area contributed by atoms with Crippen LogP contribution in [0, 0.1) is 5.82 Å². The molecule has 68 valence electrons. The zero-order valence-corrected chi connectivity index (χ0v) is 8.00. The number of hydrogen-bond acceptors (Lipinski definition) is 1. The Bertz CT molecular complexity index is 263. The van der Waals surface area contributed by atoms with E-state index in [9.17, 15) is 4.39 Å². The maximum absolute atomic E-state index is 13.1. The Balaban J connectivity index is 3.12. The molecule has 1 rings (SSSR count). The second kappa shape index (κ2) is 3.25. The van der Waals surface area contributed by atoms with E-state index in [0.29, 0.717) is 5.69 Å². The minimum atomic E-state index is -0.196. The SMILES string of the molecule is CC(C)c1c(F)cnn1C(C)C. The Kier molecular flexibility index (Phi) is 2.50. The van der Waals surface area contributed by atoms with Gasteiger partial charge in [0, 0.05) is 6.04 Å². The van der Waals surface area contributed by atoms with Crippen molar-refractivity contribution in [3.63, 3.8) is 0 Å². The average molecular weight is 170 g/mol. The highest BCUT2D eigenvalue weighted by Crippen LogP contribution is 2.20. The lowest BCUT2D eigenvalue weighted by Crippen LogP contribution is -2.09. The van der Waals surface area contributed by atoms with Gasteiger partial charge in [0.1, 0.15) is 0 Å². The Hall–Kier alpha value is -0.860. The van der Waals surface area contributed by atoms with Gasteiger partial charge in [-0.25, -0.2) is 4.39 Å². The fourth-order valence-electron chi connectivity index (χ4n) is 1.30. The quantitative estimate of drug-likeness (QED) is 0.667. The molecule has 0 spiro atoms. The zero-order valence-electron chi connectivity index (χ0n) is 8.00. The molecule has 0 radical (unpaired) electrons. The molecule has 1 heterocycles. The van der Waals surface area contributed by atoms with Crippen LogP contribution in [0.15, 0.2) is 6.20 Å². The van der Waals surface area contributed by atoms with E-state index in [1.165, 1.54) is 6.20 Å². The fraction of sp³-hybridized carbons (Fsp3) is 0.667. The van der Waals surface area contributed by atoms with Crippen LogP contribution in [0.2, 0.25) is 0 Å². The lowest BCUT2D eigenvalue weighted by molar-refractivity contribution is 0.483. The number of aromatic nitrogens is 2. The molecule has 0 saturated heterocycles. The summed E-state index contributed by atoms with van der Waals surface area (Å²) in [5.74, 6) is -0.00593. The lowest BCUT2D eigenvalue weighted by atomic mass is 10.1. The molecule has 3 heteroatoms. The summed E-state index contributed by atoms with van der Waals surface area (Å²) >= 11 is 0. The summed E-state index contributed by atoms with van der Waals surface area (Å²) in [6, 6.07) is 0.229. The zero-order chi connectivity index (χ0) is 9.30. The van der Waals surface area contributed by atoms with Crippen molar-refractivity contribution < 1.29 is 4.39 Å². The topological polar surface area (TPSA) is 17.8 Å². The van der Waals surface area contributed by atoms with Crippen LogP contribution in [-0.4, -0.2) is 9.78 Å².